The molecule has 0 unspecified atom stereocenters. The van der Waals surface area contributed by atoms with Crippen LogP contribution in [0.5, 0.6) is 5.75 Å². The Kier molecular flexibility index (Phi) is 9.90. The van der Waals surface area contributed by atoms with Gasteiger partial charge in [0.15, 0.2) is 21.7 Å². The van der Waals surface area contributed by atoms with Crippen molar-refractivity contribution in [2.24, 2.45) is 0 Å². The summed E-state index contributed by atoms with van der Waals surface area (Å²) in [5, 5.41) is 5.51. The number of ether oxygens (including phenoxy) is 1. The number of benzene rings is 4. The summed E-state index contributed by atoms with van der Waals surface area (Å²) in [6, 6.07) is 28.6. The molecule has 4 aromatic carbocycles. The van der Waals surface area contributed by atoms with Crippen molar-refractivity contribution in [1.29, 1.82) is 0 Å². The molecule has 5 heterocycles. The van der Waals surface area contributed by atoms with Gasteiger partial charge in [-0.15, -0.1) is 11.3 Å². The van der Waals surface area contributed by atoms with Crippen molar-refractivity contribution in [3.8, 4) is 5.75 Å². The minimum absolute atomic E-state index is 0.171. The second-order valence-electron chi connectivity index (χ2n) is 13.8. The Labute approximate surface area is 331 Å². The average molecular weight is 786 g/mol. The molecule has 0 radical (unpaired) electrons. The molecule has 1 N–H and O–H groups in total. The van der Waals surface area contributed by atoms with Crippen LogP contribution in [0.1, 0.15) is 48.8 Å². The number of thiazole rings is 3. The molecule has 0 aliphatic carbocycles. The number of nitrogens with one attached hydrogen (secondary N) is 1. The van der Waals surface area contributed by atoms with Crippen LogP contribution in [0, 0.1) is 6.92 Å². The van der Waals surface area contributed by atoms with Gasteiger partial charge in [0.05, 0.1) is 27.0 Å². The molecule has 55 heavy (non-hydrogen) atoms. The van der Waals surface area contributed by atoms with Gasteiger partial charge >= 0.3 is 0 Å². The molecular formula is C42H39N7O3S3. The molecule has 9 rings (SSSR count). The zero-order chi connectivity index (χ0) is 37.3. The number of rotatable bonds is 11. The van der Waals surface area contributed by atoms with E-state index in [-0.39, 0.29) is 5.91 Å². The minimum Gasteiger partial charge on any atom is -0.493 e. The molecule has 13 heteroatoms. The molecule has 1 saturated heterocycles. The van der Waals surface area contributed by atoms with Gasteiger partial charge in [0.25, 0.3) is 5.91 Å². The topological polar surface area (TPSA) is 104 Å². The van der Waals surface area contributed by atoms with E-state index in [1.54, 1.807) is 22.7 Å². The van der Waals surface area contributed by atoms with Gasteiger partial charge in [0.1, 0.15) is 11.4 Å². The van der Waals surface area contributed by atoms with Crippen molar-refractivity contribution in [2.75, 3.05) is 59.3 Å². The summed E-state index contributed by atoms with van der Waals surface area (Å²) in [6.45, 7) is 7.70. The van der Waals surface area contributed by atoms with Crippen molar-refractivity contribution in [3.05, 3.63) is 118 Å². The van der Waals surface area contributed by atoms with E-state index < -0.39 is 0 Å². The first-order valence-corrected chi connectivity index (χ1v) is 21.0. The molecule has 7 aromatic rings. The van der Waals surface area contributed by atoms with E-state index >= 15 is 0 Å². The first-order chi connectivity index (χ1) is 27.0. The third kappa shape index (κ3) is 7.39. The highest BCUT2D eigenvalue weighted by molar-refractivity contribution is 7.22. The second kappa shape index (κ2) is 15.4. The highest BCUT2D eigenvalue weighted by atomic mass is 32.1. The molecule has 0 spiro atoms. The summed E-state index contributed by atoms with van der Waals surface area (Å²) in [5.41, 5.74) is 7.52. The normalized spacial score (nSPS) is 14.4. The lowest BCUT2D eigenvalue weighted by atomic mass is 9.94. The van der Waals surface area contributed by atoms with Crippen LogP contribution in [0.2, 0.25) is 0 Å². The number of anilines is 4. The smallest absolute Gasteiger partial charge is 0.257 e. The van der Waals surface area contributed by atoms with E-state index in [0.29, 0.717) is 36.0 Å². The Morgan fingerprint density at radius 3 is 2.31 bits per heavy atom. The molecule has 1 amide bonds. The number of carbonyl (C=O) groups excluding carboxylic acids is 2. The Hall–Kier alpha value is -5.37. The number of aryl methyl sites for hydroxylation is 2. The number of hydrogen-bond acceptors (Lipinski definition) is 12. The Morgan fingerprint density at radius 2 is 1.55 bits per heavy atom. The molecule has 0 atom stereocenters. The van der Waals surface area contributed by atoms with Gasteiger partial charge < -0.3 is 19.4 Å². The van der Waals surface area contributed by atoms with E-state index in [0.717, 1.165) is 105 Å². The molecular weight excluding hydrogens is 747 g/mol. The molecule has 0 bridgehead atoms. The number of carbonyl (C=O) groups is 2. The number of hydrogen-bond donors (Lipinski definition) is 1. The zero-order valence-corrected chi connectivity index (χ0v) is 32.8. The third-order valence-corrected chi connectivity index (χ3v) is 13.5. The van der Waals surface area contributed by atoms with Gasteiger partial charge in [-0.3, -0.25) is 14.9 Å². The maximum atomic E-state index is 13.5. The first-order valence-electron chi connectivity index (χ1n) is 18.6. The fourth-order valence-electron chi connectivity index (χ4n) is 7.36. The van der Waals surface area contributed by atoms with Crippen molar-refractivity contribution in [1.82, 2.24) is 15.0 Å². The number of aromatic nitrogens is 3. The fourth-order valence-corrected chi connectivity index (χ4v) is 10.3. The summed E-state index contributed by atoms with van der Waals surface area (Å²) in [5.74, 6) is 0.711. The summed E-state index contributed by atoms with van der Waals surface area (Å²) >= 11 is 4.79. The summed E-state index contributed by atoms with van der Waals surface area (Å²) in [6.07, 6.45) is 3.10. The van der Waals surface area contributed by atoms with Crippen LogP contribution < -0.4 is 24.8 Å². The van der Waals surface area contributed by atoms with Crippen LogP contribution in [0.15, 0.2) is 84.9 Å². The van der Waals surface area contributed by atoms with Gasteiger partial charge in [0.2, 0.25) is 0 Å². The van der Waals surface area contributed by atoms with Crippen LogP contribution >= 0.6 is 34.0 Å². The van der Waals surface area contributed by atoms with Crippen molar-refractivity contribution in [2.45, 2.75) is 32.7 Å². The summed E-state index contributed by atoms with van der Waals surface area (Å²) < 4.78 is 8.51. The zero-order valence-electron chi connectivity index (χ0n) is 30.4. The lowest BCUT2D eigenvalue weighted by molar-refractivity contribution is 0.102. The fraction of sp³-hybridized carbons (Fsp3) is 0.262. The van der Waals surface area contributed by atoms with E-state index in [1.807, 2.05) is 42.5 Å². The minimum atomic E-state index is -0.171. The van der Waals surface area contributed by atoms with Gasteiger partial charge in [-0.1, -0.05) is 59.1 Å². The molecule has 3 aromatic heterocycles. The van der Waals surface area contributed by atoms with Gasteiger partial charge in [0, 0.05) is 55.4 Å². The molecule has 278 valence electrons. The van der Waals surface area contributed by atoms with Gasteiger partial charge in [-0.05, 0) is 91.4 Å². The lowest BCUT2D eigenvalue weighted by Crippen LogP contribution is -2.46. The van der Waals surface area contributed by atoms with E-state index in [4.69, 9.17) is 14.7 Å². The Balaban J connectivity index is 0.790. The van der Waals surface area contributed by atoms with Crippen LogP contribution in [-0.2, 0) is 19.4 Å². The number of nitrogens with zero attached hydrogens (tertiary/aromatic N) is 6. The maximum absolute atomic E-state index is 13.5. The molecule has 2 aliphatic rings. The van der Waals surface area contributed by atoms with Crippen molar-refractivity contribution < 1.29 is 14.3 Å². The van der Waals surface area contributed by atoms with Gasteiger partial charge in [-0.25, -0.2) is 15.0 Å². The molecule has 0 saturated carbocycles. The number of piperazine rings is 1. The van der Waals surface area contributed by atoms with Crippen LogP contribution in [0.25, 0.3) is 20.4 Å². The third-order valence-electron chi connectivity index (χ3n) is 10.3. The van der Waals surface area contributed by atoms with Crippen LogP contribution in [0.3, 0.4) is 0 Å². The van der Waals surface area contributed by atoms with Crippen LogP contribution in [0.4, 0.5) is 21.1 Å². The second-order valence-corrected chi connectivity index (χ2v) is 16.9. The summed E-state index contributed by atoms with van der Waals surface area (Å²) in [7, 11) is 0. The van der Waals surface area contributed by atoms with Crippen LogP contribution in [-0.4, -0.2) is 66.5 Å². The molecule has 10 nitrogen and oxygen atoms in total. The molecule has 2 aliphatic heterocycles. The first kappa shape index (κ1) is 35.3. The predicted octanol–water partition coefficient (Wildman–Crippen LogP) is 8.64. The lowest BCUT2D eigenvalue weighted by Gasteiger charge is -2.36. The number of fused-ring (bicyclic) bond motifs is 3. The van der Waals surface area contributed by atoms with E-state index in [9.17, 15) is 9.59 Å². The monoisotopic (exact) mass is 785 g/mol. The molecule has 1 fully saturated rings. The number of amides is 1. The van der Waals surface area contributed by atoms with E-state index in [2.05, 4.69) is 74.4 Å². The SMILES string of the molecule is Cc1cc(N2CCN(c3nc4ccccc4s3)CC2)ccc1OCCCc1sc(N2CCc3cccc(C(=O)Nc4nc5ccccc5s4)c3C2)nc1C=O. The number of aldehydes is 1. The van der Waals surface area contributed by atoms with Crippen molar-refractivity contribution in [3.63, 3.8) is 0 Å². The highest BCUT2D eigenvalue weighted by Gasteiger charge is 2.26. The van der Waals surface area contributed by atoms with E-state index in [1.165, 1.54) is 21.7 Å². The van der Waals surface area contributed by atoms with Crippen molar-refractivity contribution >= 4 is 87.7 Å². The maximum Gasteiger partial charge on any atom is 0.257 e. The highest BCUT2D eigenvalue weighted by Crippen LogP contribution is 2.34. The Morgan fingerprint density at radius 1 is 0.800 bits per heavy atom. The Bertz CT molecular complexity index is 2450. The quantitative estimate of drug-likeness (QED) is 0.102. The van der Waals surface area contributed by atoms with Gasteiger partial charge in [-0.2, -0.15) is 0 Å². The average Bonchev–Trinajstić information content (AvgIpc) is 3.96. The predicted molar refractivity (Wildman–Crippen MR) is 225 cm³/mol. The summed E-state index contributed by atoms with van der Waals surface area (Å²) in [4.78, 5) is 47.8. The number of para-hydroxylation sites is 2. The largest absolute Gasteiger partial charge is 0.493 e. The standard InChI is InChI=1S/C42H39N7O3S3/c1-27-24-29(47-19-21-48(22-20-47)41-44-33-11-3-5-13-37(33)54-41)15-16-35(27)52-23-7-14-38-34(26-50)45-42(55-38)49-18-17-28-8-6-9-30(31(28)25-49)39(51)46-40-43-32-10-2-4-12-36(32)53-40/h2-6,8-13,15-16,24,26H,7,14,17-23,25H2,1H3,(H,43,46,51).